The van der Waals surface area contributed by atoms with Crippen LogP contribution in [0, 0.1) is 0 Å². The lowest BCUT2D eigenvalue weighted by atomic mass is 10.1. The average Bonchev–Trinajstić information content (AvgIpc) is 2.30. The normalized spacial score (nSPS) is 12.4. The minimum atomic E-state index is -0.752. The van der Waals surface area contributed by atoms with Crippen LogP contribution in [0.15, 0.2) is 18.2 Å². The first kappa shape index (κ1) is 14.0. The second-order valence-electron chi connectivity index (χ2n) is 3.75. The number of benzene rings is 1. The van der Waals surface area contributed by atoms with Gasteiger partial charge < -0.3 is 15.3 Å². The molecular weight excluding hydrogens is 240 g/mol. The predicted octanol–water partition coefficient (Wildman–Crippen LogP) is 1.18. The average molecular weight is 256 g/mol. The van der Waals surface area contributed by atoms with Crippen molar-refractivity contribution in [3.63, 3.8) is 0 Å². The van der Waals surface area contributed by atoms with Gasteiger partial charge in [0.05, 0.1) is 12.7 Å². The van der Waals surface area contributed by atoms with Gasteiger partial charge in [0.15, 0.2) is 5.78 Å². The van der Waals surface area contributed by atoms with Gasteiger partial charge in [0.2, 0.25) is 0 Å². The minimum absolute atomic E-state index is 0.0494. The lowest BCUT2D eigenvalue weighted by Gasteiger charge is -2.08. The second kappa shape index (κ2) is 6.64. The Morgan fingerprint density at radius 2 is 2.18 bits per heavy atom. The summed E-state index contributed by atoms with van der Waals surface area (Å²) in [7, 11) is 0. The summed E-state index contributed by atoms with van der Waals surface area (Å²) >= 11 is 1.39. The third-order valence-electron chi connectivity index (χ3n) is 2.26. The van der Waals surface area contributed by atoms with E-state index in [-0.39, 0.29) is 18.1 Å². The molecule has 4 nitrogen and oxygen atoms in total. The highest BCUT2D eigenvalue weighted by Crippen LogP contribution is 2.24. The number of aliphatic hydroxyl groups excluding tert-OH is 2. The van der Waals surface area contributed by atoms with E-state index >= 15 is 0 Å². The Bertz CT molecular complexity index is 392. The van der Waals surface area contributed by atoms with E-state index in [2.05, 4.69) is 0 Å². The Hall–Kier alpha value is -1.04. The third kappa shape index (κ3) is 4.38. The van der Waals surface area contributed by atoms with E-state index in [1.165, 1.54) is 24.8 Å². The molecule has 0 aromatic heterocycles. The molecule has 0 amide bonds. The summed E-state index contributed by atoms with van der Waals surface area (Å²) in [6.45, 7) is 1.20. The van der Waals surface area contributed by atoms with Crippen LogP contribution in [0.2, 0.25) is 0 Å². The molecule has 0 saturated carbocycles. The quantitative estimate of drug-likeness (QED) is 0.666. The van der Waals surface area contributed by atoms with Crippen molar-refractivity contribution in [2.24, 2.45) is 0 Å². The molecule has 1 aromatic rings. The first-order valence-electron chi connectivity index (χ1n) is 5.24. The Labute approximate surface area is 104 Å². The SMILES string of the molecule is CC(=O)c1ccc(O)c(CSCC(O)CO)c1. The van der Waals surface area contributed by atoms with E-state index in [9.17, 15) is 9.90 Å². The van der Waals surface area contributed by atoms with Gasteiger partial charge in [-0.05, 0) is 25.1 Å². The summed E-state index contributed by atoms with van der Waals surface area (Å²) in [5, 5.41) is 27.4. The topological polar surface area (TPSA) is 77.8 Å². The lowest BCUT2D eigenvalue weighted by molar-refractivity contribution is 0.101. The molecule has 1 unspecified atom stereocenters. The number of aliphatic hydroxyl groups is 2. The van der Waals surface area contributed by atoms with E-state index in [0.29, 0.717) is 22.6 Å². The third-order valence-corrected chi connectivity index (χ3v) is 3.40. The highest BCUT2D eigenvalue weighted by Gasteiger charge is 2.07. The van der Waals surface area contributed by atoms with Crippen molar-refractivity contribution in [1.29, 1.82) is 0 Å². The number of phenolic OH excluding ortho intramolecular Hbond substituents is 1. The lowest BCUT2D eigenvalue weighted by Crippen LogP contribution is -2.14. The Balaban J connectivity index is 2.63. The van der Waals surface area contributed by atoms with E-state index in [4.69, 9.17) is 10.2 Å². The number of rotatable bonds is 6. The predicted molar refractivity (Wildman–Crippen MR) is 67.4 cm³/mol. The van der Waals surface area contributed by atoms with Gasteiger partial charge in [-0.2, -0.15) is 11.8 Å². The fourth-order valence-electron chi connectivity index (χ4n) is 1.28. The van der Waals surface area contributed by atoms with E-state index in [0.717, 1.165) is 0 Å². The molecule has 17 heavy (non-hydrogen) atoms. The van der Waals surface area contributed by atoms with E-state index in [1.54, 1.807) is 12.1 Å². The number of ketones is 1. The molecule has 0 heterocycles. The number of carbonyl (C=O) groups excluding carboxylic acids is 1. The minimum Gasteiger partial charge on any atom is -0.508 e. The molecule has 0 aliphatic rings. The van der Waals surface area contributed by atoms with Crippen LogP contribution in [0.4, 0.5) is 0 Å². The van der Waals surface area contributed by atoms with Crippen molar-refractivity contribution in [3.05, 3.63) is 29.3 Å². The van der Waals surface area contributed by atoms with Crippen LogP contribution < -0.4 is 0 Å². The fourth-order valence-corrected chi connectivity index (χ4v) is 2.22. The van der Waals surface area contributed by atoms with Gasteiger partial charge in [-0.25, -0.2) is 0 Å². The summed E-state index contributed by atoms with van der Waals surface area (Å²) in [5.74, 6) is 0.970. The number of carbonyl (C=O) groups is 1. The van der Waals surface area contributed by atoms with Crippen molar-refractivity contribution >= 4 is 17.5 Å². The van der Waals surface area contributed by atoms with Gasteiger partial charge in [0, 0.05) is 22.6 Å². The number of thioether (sulfide) groups is 1. The van der Waals surface area contributed by atoms with Crippen LogP contribution >= 0.6 is 11.8 Å². The Morgan fingerprint density at radius 3 is 2.76 bits per heavy atom. The summed E-state index contributed by atoms with van der Waals surface area (Å²) in [5.41, 5.74) is 1.22. The van der Waals surface area contributed by atoms with Crippen molar-refractivity contribution < 1.29 is 20.1 Å². The smallest absolute Gasteiger partial charge is 0.159 e. The Morgan fingerprint density at radius 1 is 1.47 bits per heavy atom. The summed E-state index contributed by atoms with van der Waals surface area (Å²) in [4.78, 5) is 11.2. The number of hydrogen-bond donors (Lipinski definition) is 3. The maximum absolute atomic E-state index is 11.2. The zero-order valence-electron chi connectivity index (χ0n) is 9.59. The molecule has 0 aliphatic carbocycles. The van der Waals surface area contributed by atoms with Gasteiger partial charge in [-0.15, -0.1) is 0 Å². The van der Waals surface area contributed by atoms with Gasteiger partial charge in [0.25, 0.3) is 0 Å². The molecule has 3 N–H and O–H groups in total. The maximum atomic E-state index is 11.2. The molecule has 0 spiro atoms. The molecule has 0 aliphatic heterocycles. The van der Waals surface area contributed by atoms with Gasteiger partial charge in [-0.1, -0.05) is 0 Å². The Kier molecular flexibility index (Phi) is 5.47. The maximum Gasteiger partial charge on any atom is 0.159 e. The first-order valence-corrected chi connectivity index (χ1v) is 6.39. The van der Waals surface area contributed by atoms with Crippen LogP contribution in [-0.4, -0.2) is 39.6 Å². The number of aromatic hydroxyl groups is 1. The first-order chi connectivity index (χ1) is 8.04. The highest BCUT2D eigenvalue weighted by atomic mass is 32.2. The van der Waals surface area contributed by atoms with E-state index < -0.39 is 6.10 Å². The van der Waals surface area contributed by atoms with E-state index in [1.807, 2.05) is 0 Å². The molecule has 0 bridgehead atoms. The van der Waals surface area contributed by atoms with Crippen molar-refractivity contribution in [3.8, 4) is 5.75 Å². The summed E-state index contributed by atoms with van der Waals surface area (Å²) < 4.78 is 0. The van der Waals surface area contributed by atoms with Crippen molar-refractivity contribution in [2.45, 2.75) is 18.8 Å². The highest BCUT2D eigenvalue weighted by molar-refractivity contribution is 7.98. The molecule has 1 aromatic carbocycles. The zero-order valence-corrected chi connectivity index (χ0v) is 10.4. The van der Waals surface area contributed by atoms with Gasteiger partial charge in [-0.3, -0.25) is 4.79 Å². The zero-order chi connectivity index (χ0) is 12.8. The molecule has 0 saturated heterocycles. The monoisotopic (exact) mass is 256 g/mol. The molecule has 94 valence electrons. The van der Waals surface area contributed by atoms with Gasteiger partial charge in [0.1, 0.15) is 5.75 Å². The van der Waals surface area contributed by atoms with Crippen LogP contribution in [0.25, 0.3) is 0 Å². The molecule has 1 rings (SSSR count). The van der Waals surface area contributed by atoms with Crippen LogP contribution in [0.1, 0.15) is 22.8 Å². The molecule has 0 fully saturated rings. The van der Waals surface area contributed by atoms with Crippen LogP contribution in [0.3, 0.4) is 0 Å². The second-order valence-corrected chi connectivity index (χ2v) is 4.78. The molecule has 0 radical (unpaired) electrons. The number of phenols is 1. The standard InChI is InChI=1S/C12H16O4S/c1-8(14)9-2-3-12(16)10(4-9)6-17-7-11(15)5-13/h2-4,11,13,15-16H,5-7H2,1H3. The number of hydrogen-bond acceptors (Lipinski definition) is 5. The molecule has 5 heteroatoms. The summed E-state index contributed by atoms with van der Waals surface area (Å²) in [6, 6.07) is 4.72. The fraction of sp³-hybridized carbons (Fsp3) is 0.417. The summed E-state index contributed by atoms with van der Waals surface area (Å²) in [6.07, 6.45) is -0.752. The van der Waals surface area contributed by atoms with Crippen molar-refractivity contribution in [1.82, 2.24) is 0 Å². The molecule has 1 atom stereocenters. The van der Waals surface area contributed by atoms with Crippen LogP contribution in [-0.2, 0) is 5.75 Å². The van der Waals surface area contributed by atoms with Crippen molar-refractivity contribution in [2.75, 3.05) is 12.4 Å². The van der Waals surface area contributed by atoms with Gasteiger partial charge >= 0.3 is 0 Å². The molecular formula is C12H16O4S. The largest absolute Gasteiger partial charge is 0.508 e. The number of Topliss-reactive ketones (excluding diaryl/α,β-unsaturated/α-hetero) is 1. The van der Waals surface area contributed by atoms with Crippen LogP contribution in [0.5, 0.6) is 5.75 Å².